The molecule has 0 fully saturated rings. The summed E-state index contributed by atoms with van der Waals surface area (Å²) in [5.41, 5.74) is 4.14. The molecule has 0 amide bonds. The van der Waals surface area contributed by atoms with Crippen molar-refractivity contribution in [3.63, 3.8) is 0 Å². The highest BCUT2D eigenvalue weighted by molar-refractivity contribution is 7.10. The zero-order chi connectivity index (χ0) is 11.4. The fourth-order valence-electron chi connectivity index (χ4n) is 1.73. The van der Waals surface area contributed by atoms with E-state index in [9.17, 15) is 0 Å². The van der Waals surface area contributed by atoms with Crippen LogP contribution < -0.4 is 0 Å². The first-order chi connectivity index (χ1) is 7.85. The van der Waals surface area contributed by atoms with Gasteiger partial charge < -0.3 is 4.98 Å². The van der Waals surface area contributed by atoms with Crippen LogP contribution in [0.2, 0.25) is 0 Å². The van der Waals surface area contributed by atoms with Gasteiger partial charge in [0.15, 0.2) is 0 Å². The molecule has 0 aliphatic heterocycles. The van der Waals surface area contributed by atoms with Crippen LogP contribution in [0.15, 0.2) is 23.8 Å². The molecule has 3 nitrogen and oxygen atoms in total. The van der Waals surface area contributed by atoms with Gasteiger partial charge in [0.2, 0.25) is 0 Å². The Morgan fingerprint density at radius 3 is 2.81 bits per heavy atom. The Labute approximate surface area is 100 Å². The van der Waals surface area contributed by atoms with Crippen molar-refractivity contribution in [1.29, 1.82) is 0 Å². The first-order valence-corrected chi connectivity index (χ1v) is 6.51. The van der Waals surface area contributed by atoms with Crippen molar-refractivity contribution < 1.29 is 0 Å². The Bertz CT molecular complexity index is 415. The van der Waals surface area contributed by atoms with Crippen LogP contribution >= 0.6 is 11.3 Å². The first-order valence-electron chi connectivity index (χ1n) is 5.63. The van der Waals surface area contributed by atoms with E-state index < -0.39 is 0 Å². The molecule has 0 aliphatic carbocycles. The van der Waals surface area contributed by atoms with Gasteiger partial charge in [0.25, 0.3) is 0 Å². The van der Waals surface area contributed by atoms with Crippen molar-refractivity contribution in [2.75, 3.05) is 13.1 Å². The molecule has 2 aromatic heterocycles. The van der Waals surface area contributed by atoms with E-state index in [1.165, 1.54) is 4.88 Å². The smallest absolute Gasteiger partial charge is 0.102 e. The summed E-state index contributed by atoms with van der Waals surface area (Å²) in [6.07, 6.45) is 1.94. The number of hydrogen-bond acceptors (Lipinski definition) is 3. The summed E-state index contributed by atoms with van der Waals surface area (Å²) in [5, 5.41) is 0. The second-order valence-electron chi connectivity index (χ2n) is 3.67. The van der Waals surface area contributed by atoms with Crippen LogP contribution in [-0.4, -0.2) is 28.0 Å². The molecule has 2 heterocycles. The predicted octanol–water partition coefficient (Wildman–Crippen LogP) is 2.98. The molecule has 0 bridgehead atoms. The third-order valence-corrected chi connectivity index (χ3v) is 3.57. The normalized spacial score (nSPS) is 11.2. The summed E-state index contributed by atoms with van der Waals surface area (Å²) < 4.78 is 0. The number of aromatic amines is 1. The lowest BCUT2D eigenvalue weighted by Gasteiger charge is -2.17. The first kappa shape index (κ1) is 11.4. The van der Waals surface area contributed by atoms with E-state index in [2.05, 4.69) is 34.8 Å². The van der Waals surface area contributed by atoms with Crippen LogP contribution in [0.4, 0.5) is 0 Å². The zero-order valence-corrected chi connectivity index (χ0v) is 10.5. The molecule has 16 heavy (non-hydrogen) atoms. The van der Waals surface area contributed by atoms with E-state index in [1.54, 1.807) is 11.3 Å². The van der Waals surface area contributed by atoms with Crippen molar-refractivity contribution in [3.05, 3.63) is 28.7 Å². The van der Waals surface area contributed by atoms with Gasteiger partial charge >= 0.3 is 0 Å². The Balaban J connectivity index is 2.19. The Morgan fingerprint density at radius 1 is 1.38 bits per heavy atom. The number of H-pyrrole nitrogens is 1. The van der Waals surface area contributed by atoms with Gasteiger partial charge in [-0.1, -0.05) is 13.8 Å². The average molecular weight is 235 g/mol. The van der Waals surface area contributed by atoms with Crippen molar-refractivity contribution >= 4 is 11.3 Å². The van der Waals surface area contributed by atoms with Gasteiger partial charge in [0.05, 0.1) is 11.2 Å². The zero-order valence-electron chi connectivity index (χ0n) is 9.73. The molecule has 2 aromatic rings. The minimum atomic E-state index is 0.992. The highest BCUT2D eigenvalue weighted by atomic mass is 32.1. The fourth-order valence-corrected chi connectivity index (χ4v) is 2.55. The number of thiazole rings is 1. The molecule has 0 atom stereocenters. The maximum atomic E-state index is 4.44. The molecule has 0 saturated carbocycles. The van der Waals surface area contributed by atoms with Crippen molar-refractivity contribution in [1.82, 2.24) is 14.9 Å². The monoisotopic (exact) mass is 235 g/mol. The highest BCUT2D eigenvalue weighted by Gasteiger charge is 2.11. The van der Waals surface area contributed by atoms with Crippen LogP contribution in [0.5, 0.6) is 0 Å². The second-order valence-corrected chi connectivity index (χ2v) is 4.61. The third kappa shape index (κ3) is 2.33. The van der Waals surface area contributed by atoms with E-state index in [0.717, 1.165) is 31.0 Å². The minimum absolute atomic E-state index is 0.992. The maximum Gasteiger partial charge on any atom is 0.102 e. The molecule has 0 saturated heterocycles. The van der Waals surface area contributed by atoms with E-state index in [-0.39, 0.29) is 0 Å². The fraction of sp³-hybridized carbons (Fsp3) is 0.417. The third-order valence-electron chi connectivity index (χ3n) is 2.76. The Hall–Kier alpha value is -1.13. The molecule has 0 aliphatic rings. The lowest BCUT2D eigenvalue weighted by atomic mass is 10.2. The average Bonchev–Trinajstić information content (AvgIpc) is 2.95. The van der Waals surface area contributed by atoms with Crippen molar-refractivity contribution in [3.8, 4) is 11.4 Å². The van der Waals surface area contributed by atoms with E-state index in [4.69, 9.17) is 0 Å². The largest absolute Gasteiger partial charge is 0.360 e. The SMILES string of the molecule is CCN(CC)Cc1scnc1-c1ccc[nH]1. The van der Waals surface area contributed by atoms with Gasteiger partial charge in [-0.25, -0.2) is 4.98 Å². The van der Waals surface area contributed by atoms with E-state index in [0.29, 0.717) is 0 Å². The standard InChI is InChI=1S/C12H17N3S/c1-3-15(4-2)8-11-12(14-9-16-11)10-6-5-7-13-10/h5-7,9,13H,3-4,8H2,1-2H3. The van der Waals surface area contributed by atoms with Crippen LogP contribution in [0.25, 0.3) is 11.4 Å². The van der Waals surface area contributed by atoms with Gasteiger partial charge in [-0.05, 0) is 25.2 Å². The lowest BCUT2D eigenvalue weighted by Crippen LogP contribution is -2.21. The molecule has 4 heteroatoms. The second kappa shape index (κ2) is 5.27. The number of hydrogen-bond donors (Lipinski definition) is 1. The molecular weight excluding hydrogens is 218 g/mol. The topological polar surface area (TPSA) is 31.9 Å². The molecule has 1 N–H and O–H groups in total. The molecular formula is C12H17N3S. The van der Waals surface area contributed by atoms with Gasteiger partial charge in [-0.15, -0.1) is 11.3 Å². The van der Waals surface area contributed by atoms with E-state index >= 15 is 0 Å². The van der Waals surface area contributed by atoms with Crippen LogP contribution in [0.1, 0.15) is 18.7 Å². The van der Waals surface area contributed by atoms with Gasteiger partial charge in [-0.3, -0.25) is 4.90 Å². The van der Waals surface area contributed by atoms with Gasteiger partial charge in [-0.2, -0.15) is 0 Å². The predicted molar refractivity (Wildman–Crippen MR) is 68.5 cm³/mol. The molecule has 0 unspecified atom stereocenters. The molecule has 0 radical (unpaired) electrons. The summed E-state index contributed by atoms with van der Waals surface area (Å²) in [6, 6.07) is 4.08. The summed E-state index contributed by atoms with van der Waals surface area (Å²) in [7, 11) is 0. The van der Waals surface area contributed by atoms with E-state index in [1.807, 2.05) is 17.8 Å². The quantitative estimate of drug-likeness (QED) is 0.864. The van der Waals surface area contributed by atoms with Crippen molar-refractivity contribution in [2.45, 2.75) is 20.4 Å². The minimum Gasteiger partial charge on any atom is -0.360 e. The molecule has 86 valence electrons. The van der Waals surface area contributed by atoms with Gasteiger partial charge in [0, 0.05) is 17.6 Å². The summed E-state index contributed by atoms with van der Waals surface area (Å²) in [4.78, 5) is 11.4. The van der Waals surface area contributed by atoms with Crippen molar-refractivity contribution in [2.24, 2.45) is 0 Å². The number of nitrogens with zero attached hydrogens (tertiary/aromatic N) is 2. The number of nitrogens with one attached hydrogen (secondary N) is 1. The Kier molecular flexibility index (Phi) is 3.74. The molecule has 0 spiro atoms. The van der Waals surface area contributed by atoms with Crippen LogP contribution in [0, 0.1) is 0 Å². The van der Waals surface area contributed by atoms with Crippen LogP contribution in [0.3, 0.4) is 0 Å². The van der Waals surface area contributed by atoms with Crippen LogP contribution in [-0.2, 0) is 6.54 Å². The summed E-state index contributed by atoms with van der Waals surface area (Å²) >= 11 is 1.73. The number of rotatable bonds is 5. The van der Waals surface area contributed by atoms with Gasteiger partial charge in [0.1, 0.15) is 5.69 Å². The molecule has 2 rings (SSSR count). The maximum absolute atomic E-state index is 4.44. The lowest BCUT2D eigenvalue weighted by molar-refractivity contribution is 0.298. The summed E-state index contributed by atoms with van der Waals surface area (Å²) in [6.45, 7) is 7.54. The Morgan fingerprint density at radius 2 is 2.19 bits per heavy atom. The molecule has 0 aromatic carbocycles. The summed E-state index contributed by atoms with van der Waals surface area (Å²) in [5.74, 6) is 0. The highest BCUT2D eigenvalue weighted by Crippen LogP contribution is 2.25. The number of aromatic nitrogens is 2.